The van der Waals surface area contributed by atoms with E-state index in [9.17, 15) is 0 Å². The van der Waals surface area contributed by atoms with Gasteiger partial charge in [0.2, 0.25) is 0 Å². The van der Waals surface area contributed by atoms with Crippen LogP contribution >= 0.6 is 0 Å². The van der Waals surface area contributed by atoms with Crippen molar-refractivity contribution in [3.05, 3.63) is 66.4 Å². The van der Waals surface area contributed by atoms with Crippen LogP contribution in [0.1, 0.15) is 5.76 Å². The third-order valence-electron chi connectivity index (χ3n) is 4.29. The van der Waals surface area contributed by atoms with E-state index in [1.165, 1.54) is 0 Å². The maximum Gasteiger partial charge on any atom is 0.161 e. The summed E-state index contributed by atoms with van der Waals surface area (Å²) in [6.45, 7) is 2.46. The number of likely N-dealkylation sites (tertiary alicyclic amines) is 1. The fraction of sp³-hybridized carbons (Fsp3) is 0.250. The predicted molar refractivity (Wildman–Crippen MR) is 94.6 cm³/mol. The molecule has 0 unspecified atom stereocenters. The van der Waals surface area contributed by atoms with E-state index in [0.29, 0.717) is 0 Å². The van der Waals surface area contributed by atoms with Crippen LogP contribution in [0.15, 0.2) is 65.2 Å². The van der Waals surface area contributed by atoms with Crippen molar-refractivity contribution in [2.24, 2.45) is 0 Å². The summed E-state index contributed by atoms with van der Waals surface area (Å²) in [5.74, 6) is 2.43. The minimum Gasteiger partial charge on any atom is -0.493 e. The van der Waals surface area contributed by atoms with Crippen LogP contribution < -0.4 is 9.47 Å². The zero-order valence-electron chi connectivity index (χ0n) is 14.1. The Labute approximate surface area is 146 Å². The van der Waals surface area contributed by atoms with Gasteiger partial charge in [-0.3, -0.25) is 4.90 Å². The molecule has 0 aliphatic carbocycles. The first-order valence-corrected chi connectivity index (χ1v) is 8.35. The highest BCUT2D eigenvalue weighted by atomic mass is 16.5. The zero-order valence-corrected chi connectivity index (χ0v) is 14.1. The summed E-state index contributed by atoms with van der Waals surface area (Å²) in [4.78, 5) is 2.27. The molecule has 1 aliphatic heterocycles. The predicted octanol–water partition coefficient (Wildman–Crippen LogP) is 3.61. The summed E-state index contributed by atoms with van der Waals surface area (Å²) in [5.41, 5.74) is 1.94. The minimum absolute atomic E-state index is 0.174. The Hall–Kier alpha value is -2.79. The Balaban J connectivity index is 1.31. The average Bonchev–Trinajstić information content (AvgIpc) is 3.10. The molecule has 128 valence electrons. The molecule has 4 rings (SSSR count). The Kier molecular flexibility index (Phi) is 4.39. The van der Waals surface area contributed by atoms with Gasteiger partial charge in [-0.05, 0) is 12.1 Å². The molecule has 5 heteroatoms. The summed E-state index contributed by atoms with van der Waals surface area (Å²) >= 11 is 0. The zero-order chi connectivity index (χ0) is 17.1. The van der Waals surface area contributed by atoms with Crippen molar-refractivity contribution >= 4 is 0 Å². The van der Waals surface area contributed by atoms with E-state index in [1.54, 1.807) is 7.11 Å². The van der Waals surface area contributed by atoms with Gasteiger partial charge in [-0.25, -0.2) is 0 Å². The molecule has 2 aromatic carbocycles. The number of hydrogen-bond acceptors (Lipinski definition) is 5. The number of hydrogen-bond donors (Lipinski definition) is 0. The third-order valence-corrected chi connectivity index (χ3v) is 4.29. The molecule has 0 amide bonds. The number of para-hydroxylation sites is 2. The monoisotopic (exact) mass is 336 g/mol. The standard InChI is InChI=1S/C20H20N2O3/c1-23-19-9-5-6-10-20(19)24-17-13-22(14-17)12-16-11-18(21-25-16)15-7-3-2-4-8-15/h2-11,17H,12-14H2,1H3. The quantitative estimate of drug-likeness (QED) is 0.688. The molecular weight excluding hydrogens is 316 g/mol. The molecule has 0 saturated carbocycles. The molecule has 5 nitrogen and oxygen atoms in total. The number of benzene rings is 2. The van der Waals surface area contributed by atoms with Crippen molar-refractivity contribution in [2.45, 2.75) is 12.6 Å². The maximum atomic E-state index is 6.00. The first-order chi connectivity index (χ1) is 12.3. The van der Waals surface area contributed by atoms with Crippen LogP contribution in [-0.4, -0.2) is 36.4 Å². The number of aromatic nitrogens is 1. The summed E-state index contributed by atoms with van der Waals surface area (Å²) in [5, 5.41) is 4.16. The second kappa shape index (κ2) is 6.99. The highest BCUT2D eigenvalue weighted by Crippen LogP contribution is 2.29. The van der Waals surface area contributed by atoms with E-state index in [2.05, 4.69) is 10.1 Å². The van der Waals surface area contributed by atoms with Gasteiger partial charge in [0.25, 0.3) is 0 Å². The second-order valence-electron chi connectivity index (χ2n) is 6.13. The molecule has 0 N–H and O–H groups in total. The van der Waals surface area contributed by atoms with Crippen molar-refractivity contribution in [1.29, 1.82) is 0 Å². The highest BCUT2D eigenvalue weighted by Gasteiger charge is 2.30. The fourth-order valence-corrected chi connectivity index (χ4v) is 2.97. The van der Waals surface area contributed by atoms with Gasteiger partial charge in [-0.2, -0.15) is 0 Å². The van der Waals surface area contributed by atoms with E-state index in [4.69, 9.17) is 14.0 Å². The van der Waals surface area contributed by atoms with Crippen molar-refractivity contribution in [1.82, 2.24) is 10.1 Å². The number of nitrogens with zero attached hydrogens (tertiary/aromatic N) is 2. The van der Waals surface area contributed by atoms with Crippen molar-refractivity contribution in [3.8, 4) is 22.8 Å². The van der Waals surface area contributed by atoms with Crippen LogP contribution in [0.3, 0.4) is 0 Å². The number of rotatable bonds is 6. The minimum atomic E-state index is 0.174. The van der Waals surface area contributed by atoms with Crippen LogP contribution in [0, 0.1) is 0 Å². The smallest absolute Gasteiger partial charge is 0.161 e. The van der Waals surface area contributed by atoms with Crippen LogP contribution in [0.4, 0.5) is 0 Å². The molecule has 1 saturated heterocycles. The van der Waals surface area contributed by atoms with Crippen LogP contribution in [0.25, 0.3) is 11.3 Å². The van der Waals surface area contributed by atoms with Gasteiger partial charge < -0.3 is 14.0 Å². The van der Waals surface area contributed by atoms with Gasteiger partial charge in [0.15, 0.2) is 17.3 Å². The van der Waals surface area contributed by atoms with Crippen LogP contribution in [-0.2, 0) is 6.54 Å². The lowest BCUT2D eigenvalue weighted by Crippen LogP contribution is -2.53. The molecule has 2 heterocycles. The first-order valence-electron chi connectivity index (χ1n) is 8.35. The van der Waals surface area contributed by atoms with E-state index < -0.39 is 0 Å². The molecular formula is C20H20N2O3. The molecule has 1 fully saturated rings. The molecule has 25 heavy (non-hydrogen) atoms. The molecule has 0 radical (unpaired) electrons. The molecule has 0 bridgehead atoms. The molecule has 1 aromatic heterocycles. The van der Waals surface area contributed by atoms with Crippen LogP contribution in [0.5, 0.6) is 11.5 Å². The Morgan fingerprint density at radius 2 is 1.76 bits per heavy atom. The maximum absolute atomic E-state index is 6.00. The molecule has 3 aromatic rings. The normalized spacial score (nSPS) is 14.9. The SMILES string of the molecule is COc1ccccc1OC1CN(Cc2cc(-c3ccccc3)no2)C1. The third kappa shape index (κ3) is 3.51. The molecule has 0 spiro atoms. The van der Waals surface area contributed by atoms with Gasteiger partial charge in [-0.15, -0.1) is 0 Å². The lowest BCUT2D eigenvalue weighted by atomic mass is 10.1. The Morgan fingerprint density at radius 1 is 1.04 bits per heavy atom. The largest absolute Gasteiger partial charge is 0.493 e. The Morgan fingerprint density at radius 3 is 2.52 bits per heavy atom. The van der Waals surface area contributed by atoms with Crippen molar-refractivity contribution in [3.63, 3.8) is 0 Å². The van der Waals surface area contributed by atoms with E-state index >= 15 is 0 Å². The van der Waals surface area contributed by atoms with E-state index in [0.717, 1.165) is 48.2 Å². The van der Waals surface area contributed by atoms with Crippen LogP contribution in [0.2, 0.25) is 0 Å². The van der Waals surface area contributed by atoms with E-state index in [-0.39, 0.29) is 6.10 Å². The summed E-state index contributed by atoms with van der Waals surface area (Å²) in [6, 6.07) is 19.8. The van der Waals surface area contributed by atoms with Gasteiger partial charge in [0.05, 0.1) is 13.7 Å². The lowest BCUT2D eigenvalue weighted by Gasteiger charge is -2.38. The average molecular weight is 336 g/mol. The first kappa shape index (κ1) is 15.7. The van der Waals surface area contributed by atoms with Gasteiger partial charge in [-0.1, -0.05) is 47.6 Å². The van der Waals surface area contributed by atoms with Crippen molar-refractivity contribution in [2.75, 3.05) is 20.2 Å². The number of ether oxygens (including phenoxy) is 2. The highest BCUT2D eigenvalue weighted by molar-refractivity contribution is 5.58. The van der Waals surface area contributed by atoms with Gasteiger partial charge >= 0.3 is 0 Å². The summed E-state index contributed by atoms with van der Waals surface area (Å²) in [7, 11) is 1.66. The molecule has 1 aliphatic rings. The Bertz CT molecular complexity index is 826. The van der Waals surface area contributed by atoms with Gasteiger partial charge in [0, 0.05) is 24.7 Å². The van der Waals surface area contributed by atoms with Crippen molar-refractivity contribution < 1.29 is 14.0 Å². The summed E-state index contributed by atoms with van der Waals surface area (Å²) in [6.07, 6.45) is 0.174. The molecule has 0 atom stereocenters. The van der Waals surface area contributed by atoms with Gasteiger partial charge in [0.1, 0.15) is 11.8 Å². The fourth-order valence-electron chi connectivity index (χ4n) is 2.97. The lowest BCUT2D eigenvalue weighted by molar-refractivity contribution is 0.00830. The number of methoxy groups -OCH3 is 1. The van der Waals surface area contributed by atoms with E-state index in [1.807, 2.05) is 60.7 Å². The summed E-state index contributed by atoms with van der Waals surface area (Å²) < 4.78 is 16.8. The topological polar surface area (TPSA) is 47.7 Å². The second-order valence-corrected chi connectivity index (χ2v) is 6.13.